The molecule has 1 aromatic heterocycles. The van der Waals surface area contributed by atoms with E-state index in [0.29, 0.717) is 5.69 Å². The predicted octanol–water partition coefficient (Wildman–Crippen LogP) is 3.81. The molecule has 3 rings (SSSR count). The third kappa shape index (κ3) is 3.55. The van der Waals surface area contributed by atoms with Crippen molar-refractivity contribution in [3.05, 3.63) is 71.5 Å². The minimum Gasteiger partial charge on any atom is -0.377 e. The molecule has 3 aromatic rings. The molecule has 0 aliphatic heterocycles. The molecule has 2 aromatic carbocycles. The van der Waals surface area contributed by atoms with Gasteiger partial charge in [0.2, 0.25) is 0 Å². The van der Waals surface area contributed by atoms with Crippen LogP contribution in [0, 0.1) is 13.8 Å². The number of carbonyl (C=O) groups is 1. The van der Waals surface area contributed by atoms with Crippen molar-refractivity contribution in [2.75, 3.05) is 24.3 Å². The Bertz CT molecular complexity index is 897. The first-order valence-electron chi connectivity index (χ1n) is 8.17. The van der Waals surface area contributed by atoms with Gasteiger partial charge in [-0.1, -0.05) is 18.2 Å². The van der Waals surface area contributed by atoms with Crippen LogP contribution in [0.4, 0.5) is 11.4 Å². The molecule has 5 heteroatoms. The summed E-state index contributed by atoms with van der Waals surface area (Å²) in [7, 11) is 4.00. The molecule has 5 nitrogen and oxygen atoms in total. The van der Waals surface area contributed by atoms with E-state index in [1.807, 2.05) is 81.4 Å². The smallest absolute Gasteiger partial charge is 0.276 e. The highest BCUT2D eigenvalue weighted by Gasteiger charge is 2.14. The maximum atomic E-state index is 12.5. The fourth-order valence-corrected chi connectivity index (χ4v) is 2.85. The number of amides is 1. The molecular weight excluding hydrogens is 312 g/mol. The molecule has 0 saturated heterocycles. The van der Waals surface area contributed by atoms with E-state index in [1.54, 1.807) is 10.7 Å². The lowest BCUT2D eigenvalue weighted by Gasteiger charge is -2.16. The summed E-state index contributed by atoms with van der Waals surface area (Å²) in [6.07, 6.45) is 0. The number of aromatic nitrogens is 2. The summed E-state index contributed by atoms with van der Waals surface area (Å²) in [5, 5.41) is 7.36. The van der Waals surface area contributed by atoms with Crippen molar-refractivity contribution >= 4 is 17.3 Å². The van der Waals surface area contributed by atoms with Crippen LogP contribution in [0.25, 0.3) is 5.69 Å². The lowest BCUT2D eigenvalue weighted by atomic mass is 10.1. The fourth-order valence-electron chi connectivity index (χ4n) is 2.85. The van der Waals surface area contributed by atoms with Gasteiger partial charge in [-0.15, -0.1) is 0 Å². The molecule has 0 unspecified atom stereocenters. The van der Waals surface area contributed by atoms with Crippen LogP contribution < -0.4 is 10.2 Å². The number of hydrogen-bond donors (Lipinski definition) is 1. The van der Waals surface area contributed by atoms with Crippen molar-refractivity contribution in [2.45, 2.75) is 13.8 Å². The molecule has 1 heterocycles. The van der Waals surface area contributed by atoms with E-state index in [0.717, 1.165) is 28.3 Å². The Morgan fingerprint density at radius 3 is 2.40 bits per heavy atom. The summed E-state index contributed by atoms with van der Waals surface area (Å²) in [6.45, 7) is 3.96. The first kappa shape index (κ1) is 16.8. The lowest BCUT2D eigenvalue weighted by Crippen LogP contribution is -2.14. The second-order valence-corrected chi connectivity index (χ2v) is 6.27. The first-order chi connectivity index (χ1) is 12.0. The number of nitrogens with one attached hydrogen (secondary N) is 1. The van der Waals surface area contributed by atoms with E-state index in [-0.39, 0.29) is 5.91 Å². The molecule has 0 spiro atoms. The molecule has 0 aliphatic rings. The van der Waals surface area contributed by atoms with E-state index >= 15 is 0 Å². The summed E-state index contributed by atoms with van der Waals surface area (Å²) in [5.41, 5.74) is 5.24. The molecule has 0 atom stereocenters. The molecule has 0 bridgehead atoms. The second kappa shape index (κ2) is 6.81. The first-order valence-corrected chi connectivity index (χ1v) is 8.17. The SMILES string of the molecule is Cc1cc(NC(=O)c2cc(C)n(-c3ccccc3)n2)ccc1N(C)C. The quantitative estimate of drug-likeness (QED) is 0.789. The molecule has 1 amide bonds. The van der Waals surface area contributed by atoms with Crippen molar-refractivity contribution in [3.8, 4) is 5.69 Å². The average molecular weight is 334 g/mol. The van der Waals surface area contributed by atoms with Gasteiger partial charge in [0, 0.05) is 31.2 Å². The van der Waals surface area contributed by atoms with Crippen molar-refractivity contribution < 1.29 is 4.79 Å². The highest BCUT2D eigenvalue weighted by molar-refractivity contribution is 6.03. The van der Waals surface area contributed by atoms with Gasteiger partial charge in [-0.3, -0.25) is 4.79 Å². The summed E-state index contributed by atoms with van der Waals surface area (Å²) in [4.78, 5) is 14.6. The van der Waals surface area contributed by atoms with Gasteiger partial charge in [0.1, 0.15) is 0 Å². The third-order valence-corrected chi connectivity index (χ3v) is 4.06. The number of hydrogen-bond acceptors (Lipinski definition) is 3. The van der Waals surface area contributed by atoms with Crippen molar-refractivity contribution in [3.63, 3.8) is 0 Å². The molecule has 0 fully saturated rings. The number of aryl methyl sites for hydroxylation is 2. The van der Waals surface area contributed by atoms with Gasteiger partial charge in [0.05, 0.1) is 5.69 Å². The minimum atomic E-state index is -0.213. The maximum Gasteiger partial charge on any atom is 0.276 e. The second-order valence-electron chi connectivity index (χ2n) is 6.27. The van der Waals surface area contributed by atoms with Crippen LogP contribution in [-0.4, -0.2) is 29.8 Å². The van der Waals surface area contributed by atoms with Crippen molar-refractivity contribution in [1.82, 2.24) is 9.78 Å². The normalized spacial score (nSPS) is 10.6. The Hall–Kier alpha value is -3.08. The van der Waals surface area contributed by atoms with Gasteiger partial charge in [-0.2, -0.15) is 5.10 Å². The van der Waals surface area contributed by atoms with Gasteiger partial charge in [-0.05, 0) is 55.8 Å². The number of carbonyl (C=O) groups excluding carboxylic acids is 1. The predicted molar refractivity (Wildman–Crippen MR) is 102 cm³/mol. The van der Waals surface area contributed by atoms with E-state index in [9.17, 15) is 4.79 Å². The molecule has 25 heavy (non-hydrogen) atoms. The minimum absolute atomic E-state index is 0.213. The van der Waals surface area contributed by atoms with Crippen LogP contribution in [0.5, 0.6) is 0 Å². The molecular formula is C20H22N4O. The summed E-state index contributed by atoms with van der Waals surface area (Å²) in [6, 6.07) is 17.4. The van der Waals surface area contributed by atoms with E-state index in [1.165, 1.54) is 0 Å². The Morgan fingerprint density at radius 1 is 1.04 bits per heavy atom. The summed E-state index contributed by atoms with van der Waals surface area (Å²) < 4.78 is 1.77. The van der Waals surface area contributed by atoms with Crippen LogP contribution in [0.2, 0.25) is 0 Å². The number of nitrogens with zero attached hydrogens (tertiary/aromatic N) is 3. The Kier molecular flexibility index (Phi) is 4.57. The average Bonchev–Trinajstić information content (AvgIpc) is 2.97. The van der Waals surface area contributed by atoms with Gasteiger partial charge in [-0.25, -0.2) is 4.68 Å². The van der Waals surface area contributed by atoms with Gasteiger partial charge < -0.3 is 10.2 Å². The number of para-hydroxylation sites is 1. The zero-order valence-electron chi connectivity index (χ0n) is 14.9. The topological polar surface area (TPSA) is 50.2 Å². The lowest BCUT2D eigenvalue weighted by molar-refractivity contribution is 0.102. The highest BCUT2D eigenvalue weighted by Crippen LogP contribution is 2.22. The Labute approximate surface area is 147 Å². The number of anilines is 2. The van der Waals surface area contributed by atoms with Gasteiger partial charge in [0.15, 0.2) is 5.69 Å². The van der Waals surface area contributed by atoms with Crippen LogP contribution in [0.15, 0.2) is 54.6 Å². The summed E-state index contributed by atoms with van der Waals surface area (Å²) in [5.74, 6) is -0.213. The zero-order chi connectivity index (χ0) is 18.0. The molecule has 0 saturated carbocycles. The monoisotopic (exact) mass is 334 g/mol. The third-order valence-electron chi connectivity index (χ3n) is 4.06. The van der Waals surface area contributed by atoms with Gasteiger partial charge >= 0.3 is 0 Å². The van der Waals surface area contributed by atoms with Crippen LogP contribution in [-0.2, 0) is 0 Å². The van der Waals surface area contributed by atoms with E-state index in [4.69, 9.17) is 0 Å². The van der Waals surface area contributed by atoms with Crippen LogP contribution in [0.3, 0.4) is 0 Å². The number of rotatable bonds is 4. The van der Waals surface area contributed by atoms with E-state index in [2.05, 4.69) is 10.4 Å². The standard InChI is InChI=1S/C20H22N4O/c1-14-12-16(10-11-19(14)23(3)4)21-20(25)18-13-15(2)24(22-18)17-8-6-5-7-9-17/h5-13H,1-4H3,(H,21,25). The Balaban J connectivity index is 1.82. The van der Waals surface area contributed by atoms with Crippen LogP contribution in [0.1, 0.15) is 21.7 Å². The molecule has 128 valence electrons. The summed E-state index contributed by atoms with van der Waals surface area (Å²) >= 11 is 0. The highest BCUT2D eigenvalue weighted by atomic mass is 16.1. The zero-order valence-corrected chi connectivity index (χ0v) is 14.9. The fraction of sp³-hybridized carbons (Fsp3) is 0.200. The molecule has 1 N–H and O–H groups in total. The van der Waals surface area contributed by atoms with Crippen LogP contribution >= 0.6 is 0 Å². The molecule has 0 aliphatic carbocycles. The largest absolute Gasteiger partial charge is 0.377 e. The van der Waals surface area contributed by atoms with E-state index < -0.39 is 0 Å². The van der Waals surface area contributed by atoms with Gasteiger partial charge in [0.25, 0.3) is 5.91 Å². The Morgan fingerprint density at radius 2 is 1.76 bits per heavy atom. The number of benzene rings is 2. The molecule has 0 radical (unpaired) electrons. The maximum absolute atomic E-state index is 12.5. The van der Waals surface area contributed by atoms with Crippen molar-refractivity contribution in [2.24, 2.45) is 0 Å². The van der Waals surface area contributed by atoms with Crippen molar-refractivity contribution in [1.29, 1.82) is 0 Å².